The Balaban J connectivity index is 1.90. The van der Waals surface area contributed by atoms with E-state index in [1.807, 2.05) is 29.6 Å². The van der Waals surface area contributed by atoms with Gasteiger partial charge in [0.2, 0.25) is 5.91 Å². The maximum absolute atomic E-state index is 12.0. The van der Waals surface area contributed by atoms with Crippen LogP contribution >= 0.6 is 11.3 Å². The molecular weight excluding hydrogens is 282 g/mol. The Kier molecular flexibility index (Phi) is 4.63. The molecule has 0 saturated carbocycles. The lowest BCUT2D eigenvalue weighted by molar-refractivity contribution is -0.116. The van der Waals surface area contributed by atoms with Crippen molar-refractivity contribution in [2.75, 3.05) is 11.1 Å². The molecule has 112 valence electrons. The van der Waals surface area contributed by atoms with E-state index in [0.29, 0.717) is 18.0 Å². The standard InChI is InChI=1S/C16H21N3OS/c1-16(2,3)13-10-21-15(18-13)19-14(20)9-8-11-6-4-5-7-12(11)17/h4-7,10H,8-9,17H2,1-3H3,(H,18,19,20). The Morgan fingerprint density at radius 3 is 2.67 bits per heavy atom. The van der Waals surface area contributed by atoms with Crippen molar-refractivity contribution in [3.8, 4) is 0 Å². The minimum absolute atomic E-state index is 0.00202. The summed E-state index contributed by atoms with van der Waals surface area (Å²) in [6.07, 6.45) is 1.04. The summed E-state index contributed by atoms with van der Waals surface area (Å²) in [6.45, 7) is 6.31. The molecule has 3 N–H and O–H groups in total. The molecule has 0 atom stereocenters. The molecule has 2 aromatic rings. The third-order valence-corrected chi connectivity index (χ3v) is 3.95. The lowest BCUT2D eigenvalue weighted by Gasteiger charge is -2.14. The number of thiazole rings is 1. The highest BCUT2D eigenvalue weighted by atomic mass is 32.1. The van der Waals surface area contributed by atoms with Crippen molar-refractivity contribution in [3.63, 3.8) is 0 Å². The molecule has 2 rings (SSSR count). The molecule has 1 amide bonds. The van der Waals surface area contributed by atoms with Crippen LogP contribution in [-0.4, -0.2) is 10.9 Å². The maximum Gasteiger partial charge on any atom is 0.226 e. The van der Waals surface area contributed by atoms with Gasteiger partial charge < -0.3 is 11.1 Å². The van der Waals surface area contributed by atoms with Gasteiger partial charge in [0.25, 0.3) is 0 Å². The lowest BCUT2D eigenvalue weighted by atomic mass is 9.93. The topological polar surface area (TPSA) is 68.0 Å². The van der Waals surface area contributed by atoms with Gasteiger partial charge in [-0.1, -0.05) is 39.0 Å². The fourth-order valence-corrected chi connectivity index (χ4v) is 2.82. The number of amides is 1. The number of para-hydroxylation sites is 1. The first-order valence-corrected chi connectivity index (χ1v) is 7.83. The number of nitrogens with one attached hydrogen (secondary N) is 1. The maximum atomic E-state index is 12.0. The van der Waals surface area contributed by atoms with Crippen LogP contribution in [0.15, 0.2) is 29.6 Å². The van der Waals surface area contributed by atoms with Gasteiger partial charge in [-0.25, -0.2) is 4.98 Å². The van der Waals surface area contributed by atoms with Crippen molar-refractivity contribution >= 4 is 28.1 Å². The van der Waals surface area contributed by atoms with Crippen LogP contribution in [0.3, 0.4) is 0 Å². The summed E-state index contributed by atoms with van der Waals surface area (Å²) in [5.41, 5.74) is 8.60. The number of nitrogens with zero attached hydrogens (tertiary/aromatic N) is 1. The van der Waals surface area contributed by atoms with Gasteiger partial charge in [-0.15, -0.1) is 11.3 Å². The van der Waals surface area contributed by atoms with E-state index in [1.54, 1.807) is 0 Å². The number of carbonyl (C=O) groups is 1. The molecule has 1 aromatic heterocycles. The van der Waals surface area contributed by atoms with Crippen LogP contribution < -0.4 is 11.1 Å². The molecule has 21 heavy (non-hydrogen) atoms. The van der Waals surface area contributed by atoms with Crippen LogP contribution in [0.25, 0.3) is 0 Å². The van der Waals surface area contributed by atoms with E-state index in [9.17, 15) is 4.79 Å². The summed E-state index contributed by atoms with van der Waals surface area (Å²) in [7, 11) is 0. The van der Waals surface area contributed by atoms with Gasteiger partial charge >= 0.3 is 0 Å². The summed E-state index contributed by atoms with van der Waals surface area (Å²) in [5, 5.41) is 5.50. The first kappa shape index (κ1) is 15.5. The lowest BCUT2D eigenvalue weighted by Crippen LogP contribution is -2.14. The summed E-state index contributed by atoms with van der Waals surface area (Å²) < 4.78 is 0. The van der Waals surface area contributed by atoms with E-state index in [2.05, 4.69) is 31.1 Å². The van der Waals surface area contributed by atoms with Crippen molar-refractivity contribution in [2.45, 2.75) is 39.0 Å². The minimum atomic E-state index is -0.0342. The van der Waals surface area contributed by atoms with Crippen LogP contribution in [0, 0.1) is 0 Å². The molecular formula is C16H21N3OS. The first-order chi connectivity index (χ1) is 9.86. The molecule has 1 heterocycles. The van der Waals surface area contributed by atoms with E-state index < -0.39 is 0 Å². The average Bonchev–Trinajstić information content (AvgIpc) is 2.86. The zero-order chi connectivity index (χ0) is 15.5. The van der Waals surface area contributed by atoms with Crippen LogP contribution in [0.4, 0.5) is 10.8 Å². The molecule has 0 aliphatic carbocycles. The first-order valence-electron chi connectivity index (χ1n) is 6.95. The quantitative estimate of drug-likeness (QED) is 0.848. The van der Waals surface area contributed by atoms with Crippen LogP contribution in [-0.2, 0) is 16.6 Å². The van der Waals surface area contributed by atoms with E-state index >= 15 is 0 Å². The number of anilines is 2. The summed E-state index contributed by atoms with van der Waals surface area (Å²) >= 11 is 1.46. The number of nitrogen functional groups attached to an aromatic ring is 1. The fourth-order valence-electron chi connectivity index (χ4n) is 1.87. The highest BCUT2D eigenvalue weighted by Crippen LogP contribution is 2.26. The van der Waals surface area contributed by atoms with E-state index in [0.717, 1.165) is 16.9 Å². The van der Waals surface area contributed by atoms with Gasteiger partial charge in [0.05, 0.1) is 5.69 Å². The van der Waals surface area contributed by atoms with Gasteiger partial charge in [-0.3, -0.25) is 4.79 Å². The Labute approximate surface area is 129 Å². The van der Waals surface area contributed by atoms with Gasteiger partial charge in [0.15, 0.2) is 5.13 Å². The zero-order valence-corrected chi connectivity index (χ0v) is 13.5. The molecule has 0 bridgehead atoms. The average molecular weight is 303 g/mol. The number of hydrogen-bond donors (Lipinski definition) is 2. The minimum Gasteiger partial charge on any atom is -0.399 e. The number of rotatable bonds is 4. The van der Waals surface area contributed by atoms with Crippen molar-refractivity contribution < 1.29 is 4.79 Å². The molecule has 0 aliphatic rings. The second kappa shape index (κ2) is 6.26. The van der Waals surface area contributed by atoms with Gasteiger partial charge in [-0.2, -0.15) is 0 Å². The number of benzene rings is 1. The van der Waals surface area contributed by atoms with Gasteiger partial charge in [0, 0.05) is 22.9 Å². The van der Waals surface area contributed by atoms with E-state index in [4.69, 9.17) is 5.73 Å². The van der Waals surface area contributed by atoms with Crippen molar-refractivity contribution in [2.24, 2.45) is 0 Å². The van der Waals surface area contributed by atoms with Crippen LogP contribution in [0.2, 0.25) is 0 Å². The molecule has 0 saturated heterocycles. The van der Waals surface area contributed by atoms with Crippen molar-refractivity contribution in [1.29, 1.82) is 0 Å². The Hall–Kier alpha value is -1.88. The molecule has 4 nitrogen and oxygen atoms in total. The smallest absolute Gasteiger partial charge is 0.226 e. The fraction of sp³-hybridized carbons (Fsp3) is 0.375. The molecule has 5 heteroatoms. The third kappa shape index (κ3) is 4.29. The zero-order valence-electron chi connectivity index (χ0n) is 12.6. The summed E-state index contributed by atoms with van der Waals surface area (Å²) in [4.78, 5) is 16.4. The number of hydrogen-bond acceptors (Lipinski definition) is 4. The van der Waals surface area contributed by atoms with E-state index in [-0.39, 0.29) is 11.3 Å². The molecule has 0 radical (unpaired) electrons. The number of aromatic nitrogens is 1. The predicted molar refractivity (Wildman–Crippen MR) is 88.6 cm³/mol. The summed E-state index contributed by atoms with van der Waals surface area (Å²) in [6, 6.07) is 7.62. The Morgan fingerprint density at radius 2 is 2.05 bits per heavy atom. The van der Waals surface area contributed by atoms with Crippen LogP contribution in [0.1, 0.15) is 38.4 Å². The molecule has 0 spiro atoms. The Bertz CT molecular complexity index is 628. The molecule has 1 aromatic carbocycles. The summed E-state index contributed by atoms with van der Waals surface area (Å²) in [5.74, 6) is -0.0342. The highest BCUT2D eigenvalue weighted by Gasteiger charge is 2.18. The normalized spacial score (nSPS) is 11.4. The monoisotopic (exact) mass is 303 g/mol. The Morgan fingerprint density at radius 1 is 1.33 bits per heavy atom. The number of carbonyl (C=O) groups excluding carboxylic acids is 1. The molecule has 0 fully saturated rings. The molecule has 0 unspecified atom stereocenters. The van der Waals surface area contributed by atoms with E-state index in [1.165, 1.54) is 11.3 Å². The largest absolute Gasteiger partial charge is 0.399 e. The second-order valence-electron chi connectivity index (χ2n) is 6.03. The third-order valence-electron chi connectivity index (χ3n) is 3.20. The van der Waals surface area contributed by atoms with Crippen LogP contribution in [0.5, 0.6) is 0 Å². The predicted octanol–water partition coefficient (Wildman–Crippen LogP) is 3.59. The molecule has 0 aliphatic heterocycles. The SMILES string of the molecule is CC(C)(C)c1csc(NC(=O)CCc2ccccc2N)n1. The van der Waals surface area contributed by atoms with Gasteiger partial charge in [-0.05, 0) is 18.1 Å². The highest BCUT2D eigenvalue weighted by molar-refractivity contribution is 7.13. The number of aryl methyl sites for hydroxylation is 1. The van der Waals surface area contributed by atoms with Crippen molar-refractivity contribution in [1.82, 2.24) is 4.98 Å². The van der Waals surface area contributed by atoms with Crippen molar-refractivity contribution in [3.05, 3.63) is 40.9 Å². The second-order valence-corrected chi connectivity index (χ2v) is 6.89. The van der Waals surface area contributed by atoms with Gasteiger partial charge in [0.1, 0.15) is 0 Å². The number of nitrogens with two attached hydrogens (primary N) is 1.